The maximum Gasteiger partial charge on any atom is 0.252 e. The van der Waals surface area contributed by atoms with Crippen molar-refractivity contribution in [3.05, 3.63) is 77.1 Å². The summed E-state index contributed by atoms with van der Waals surface area (Å²) < 4.78 is 5.52. The number of carbonyl (C=O) groups excluding carboxylic acids is 1. The second-order valence-corrected chi connectivity index (χ2v) is 6.51. The minimum atomic E-state index is -0.212. The van der Waals surface area contributed by atoms with Gasteiger partial charge in [-0.15, -0.1) is 0 Å². The number of benzene rings is 2. The zero-order chi connectivity index (χ0) is 20.5. The van der Waals surface area contributed by atoms with E-state index in [0.717, 1.165) is 11.3 Å². The van der Waals surface area contributed by atoms with Gasteiger partial charge in [-0.25, -0.2) is 4.98 Å². The van der Waals surface area contributed by atoms with Crippen LogP contribution in [0.2, 0.25) is 5.02 Å². The molecule has 0 radical (unpaired) electrons. The molecule has 8 heteroatoms. The molecule has 0 aliphatic heterocycles. The molecule has 0 spiro atoms. The van der Waals surface area contributed by atoms with E-state index < -0.39 is 0 Å². The normalized spacial score (nSPS) is 11.2. The molecule has 3 aromatic rings. The summed E-state index contributed by atoms with van der Waals surface area (Å²) in [4.78, 5) is 20.7. The third-order valence-electron chi connectivity index (χ3n) is 4.05. The molecule has 1 heterocycles. The first-order chi connectivity index (χ1) is 14.2. The Morgan fingerprint density at radius 2 is 1.76 bits per heavy atom. The van der Waals surface area contributed by atoms with E-state index in [0.29, 0.717) is 42.1 Å². The first kappa shape index (κ1) is 20.4. The zero-order valence-corrected chi connectivity index (χ0v) is 16.7. The Kier molecular flexibility index (Phi) is 7.24. The van der Waals surface area contributed by atoms with E-state index in [2.05, 4.69) is 25.9 Å². The fourth-order valence-electron chi connectivity index (χ4n) is 2.59. The molecule has 29 heavy (non-hydrogen) atoms. The van der Waals surface area contributed by atoms with E-state index in [1.807, 2.05) is 30.3 Å². The van der Waals surface area contributed by atoms with E-state index in [1.165, 1.54) is 0 Å². The van der Waals surface area contributed by atoms with Crippen molar-refractivity contribution in [2.75, 3.05) is 20.1 Å². The van der Waals surface area contributed by atoms with Crippen LogP contribution in [0, 0.1) is 0 Å². The number of amides is 1. The van der Waals surface area contributed by atoms with Crippen LogP contribution in [0.25, 0.3) is 11.5 Å². The van der Waals surface area contributed by atoms with Gasteiger partial charge in [-0.05, 0) is 24.3 Å². The third-order valence-corrected chi connectivity index (χ3v) is 4.38. The van der Waals surface area contributed by atoms with Crippen LogP contribution in [-0.2, 0) is 6.54 Å². The molecule has 0 saturated heterocycles. The minimum Gasteiger partial charge on any atom is -0.444 e. The van der Waals surface area contributed by atoms with E-state index >= 15 is 0 Å². The van der Waals surface area contributed by atoms with Gasteiger partial charge in [0.05, 0.1) is 22.8 Å². The molecule has 3 N–H and O–H groups in total. The van der Waals surface area contributed by atoms with Crippen molar-refractivity contribution in [3.63, 3.8) is 0 Å². The molecular formula is C21H22ClN5O2. The molecular weight excluding hydrogens is 390 g/mol. The summed E-state index contributed by atoms with van der Waals surface area (Å²) in [6.45, 7) is 1.39. The minimum absolute atomic E-state index is 0.212. The van der Waals surface area contributed by atoms with Gasteiger partial charge in [-0.1, -0.05) is 41.9 Å². The van der Waals surface area contributed by atoms with Crippen molar-refractivity contribution in [2.45, 2.75) is 6.54 Å². The number of guanidine groups is 1. The third kappa shape index (κ3) is 5.83. The Labute approximate surface area is 174 Å². The highest BCUT2D eigenvalue weighted by molar-refractivity contribution is 6.33. The van der Waals surface area contributed by atoms with Crippen molar-refractivity contribution < 1.29 is 9.21 Å². The molecule has 0 saturated carbocycles. The standard InChI is InChI=1S/C21H22ClN5O2/c1-23-21(25-12-11-24-19(28)17-9-5-6-10-18(17)22)26-13-16-14-29-20(27-16)15-7-3-2-4-8-15/h2-10,14H,11-13H2,1H3,(H,24,28)(H2,23,25,26). The molecule has 0 bridgehead atoms. The van der Waals surface area contributed by atoms with Crippen LogP contribution in [0.4, 0.5) is 0 Å². The lowest BCUT2D eigenvalue weighted by molar-refractivity contribution is 0.0954. The number of aliphatic imine (C=N–C) groups is 1. The number of halogens is 1. The van der Waals surface area contributed by atoms with Gasteiger partial charge < -0.3 is 20.4 Å². The topological polar surface area (TPSA) is 91.5 Å². The first-order valence-electron chi connectivity index (χ1n) is 9.14. The molecule has 0 unspecified atom stereocenters. The first-order valence-corrected chi connectivity index (χ1v) is 9.52. The highest BCUT2D eigenvalue weighted by Gasteiger charge is 2.09. The number of rotatable bonds is 7. The summed E-state index contributed by atoms with van der Waals surface area (Å²) in [5.41, 5.74) is 2.14. The van der Waals surface area contributed by atoms with Crippen LogP contribution in [0.3, 0.4) is 0 Å². The second-order valence-electron chi connectivity index (χ2n) is 6.10. The Bertz CT molecular complexity index is 972. The van der Waals surface area contributed by atoms with Gasteiger partial charge in [0.1, 0.15) is 6.26 Å². The smallest absolute Gasteiger partial charge is 0.252 e. The number of hydrogen-bond acceptors (Lipinski definition) is 4. The molecule has 3 rings (SSSR count). The Balaban J connectivity index is 1.42. The largest absolute Gasteiger partial charge is 0.444 e. The van der Waals surface area contributed by atoms with Gasteiger partial charge in [0, 0.05) is 25.7 Å². The Morgan fingerprint density at radius 3 is 2.52 bits per heavy atom. The predicted molar refractivity (Wildman–Crippen MR) is 114 cm³/mol. The van der Waals surface area contributed by atoms with Gasteiger partial charge in [0.25, 0.3) is 5.91 Å². The van der Waals surface area contributed by atoms with Gasteiger partial charge >= 0.3 is 0 Å². The van der Waals surface area contributed by atoms with Crippen molar-refractivity contribution in [1.29, 1.82) is 0 Å². The number of nitrogens with one attached hydrogen (secondary N) is 3. The number of aromatic nitrogens is 1. The van der Waals surface area contributed by atoms with E-state index in [-0.39, 0.29) is 5.91 Å². The molecule has 0 aliphatic carbocycles. The highest BCUT2D eigenvalue weighted by atomic mass is 35.5. The number of nitrogens with zero attached hydrogens (tertiary/aromatic N) is 2. The van der Waals surface area contributed by atoms with Crippen LogP contribution in [0.15, 0.2) is 70.3 Å². The van der Waals surface area contributed by atoms with Gasteiger partial charge in [0.15, 0.2) is 5.96 Å². The summed E-state index contributed by atoms with van der Waals surface area (Å²) in [7, 11) is 1.68. The fraction of sp³-hybridized carbons (Fsp3) is 0.190. The Morgan fingerprint density at radius 1 is 1.03 bits per heavy atom. The summed E-state index contributed by atoms with van der Waals surface area (Å²) in [6.07, 6.45) is 1.62. The van der Waals surface area contributed by atoms with E-state index in [9.17, 15) is 4.79 Å². The van der Waals surface area contributed by atoms with Gasteiger partial charge in [-0.2, -0.15) is 0 Å². The SMILES string of the molecule is CN=C(NCCNC(=O)c1ccccc1Cl)NCc1coc(-c2ccccc2)n1. The molecule has 0 aliphatic rings. The molecule has 0 atom stereocenters. The maximum atomic E-state index is 12.1. The number of carbonyl (C=O) groups is 1. The molecule has 7 nitrogen and oxygen atoms in total. The van der Waals surface area contributed by atoms with Crippen molar-refractivity contribution in [1.82, 2.24) is 20.9 Å². The molecule has 1 amide bonds. The summed E-state index contributed by atoms with van der Waals surface area (Å²) in [6, 6.07) is 16.6. The monoisotopic (exact) mass is 411 g/mol. The quantitative estimate of drug-likeness (QED) is 0.315. The lowest BCUT2D eigenvalue weighted by atomic mass is 10.2. The van der Waals surface area contributed by atoms with Gasteiger partial charge in [-0.3, -0.25) is 9.79 Å². The van der Waals surface area contributed by atoms with Crippen LogP contribution in [-0.4, -0.2) is 37.0 Å². The maximum absolute atomic E-state index is 12.1. The zero-order valence-electron chi connectivity index (χ0n) is 16.0. The molecule has 150 valence electrons. The van der Waals surface area contributed by atoms with Crippen molar-refractivity contribution in [2.24, 2.45) is 4.99 Å². The number of oxazole rings is 1. The van der Waals surface area contributed by atoms with Crippen LogP contribution >= 0.6 is 11.6 Å². The highest BCUT2D eigenvalue weighted by Crippen LogP contribution is 2.17. The average Bonchev–Trinajstić information content (AvgIpc) is 3.23. The van der Waals surface area contributed by atoms with Gasteiger partial charge in [0.2, 0.25) is 5.89 Å². The predicted octanol–water partition coefficient (Wildman–Crippen LogP) is 3.09. The Hall–Kier alpha value is -3.32. The van der Waals surface area contributed by atoms with Crippen LogP contribution < -0.4 is 16.0 Å². The van der Waals surface area contributed by atoms with E-state index in [1.54, 1.807) is 37.6 Å². The average molecular weight is 412 g/mol. The molecule has 1 aromatic heterocycles. The fourth-order valence-corrected chi connectivity index (χ4v) is 2.82. The second kappa shape index (κ2) is 10.3. The lowest BCUT2D eigenvalue weighted by Crippen LogP contribution is -2.41. The summed E-state index contributed by atoms with van der Waals surface area (Å²) in [5, 5.41) is 9.54. The van der Waals surface area contributed by atoms with Crippen LogP contribution in [0.1, 0.15) is 16.1 Å². The van der Waals surface area contributed by atoms with Crippen molar-refractivity contribution >= 4 is 23.5 Å². The molecule has 0 fully saturated rings. The summed E-state index contributed by atoms with van der Waals surface area (Å²) >= 11 is 6.03. The summed E-state index contributed by atoms with van der Waals surface area (Å²) in [5.74, 6) is 0.963. The van der Waals surface area contributed by atoms with E-state index in [4.69, 9.17) is 16.0 Å². The molecule has 2 aromatic carbocycles. The number of hydrogen-bond donors (Lipinski definition) is 3. The van der Waals surface area contributed by atoms with Crippen molar-refractivity contribution in [3.8, 4) is 11.5 Å². The van der Waals surface area contributed by atoms with Crippen LogP contribution in [0.5, 0.6) is 0 Å². The lowest BCUT2D eigenvalue weighted by Gasteiger charge is -2.11.